The molecule has 3 N–H and O–H groups in total. The number of nitrogens with one attached hydrogen (secondary N) is 3. The average Bonchev–Trinajstić information content (AvgIpc) is 3.12. The van der Waals surface area contributed by atoms with Crippen LogP contribution in [0.25, 0.3) is 22.3 Å². The molecular weight excluding hydrogens is 376 g/mol. The third kappa shape index (κ3) is 3.37. The maximum Gasteiger partial charge on any atom is 0.314 e. The van der Waals surface area contributed by atoms with Gasteiger partial charge in [0, 0.05) is 16.5 Å². The van der Waals surface area contributed by atoms with Crippen molar-refractivity contribution in [1.29, 1.82) is 0 Å². The van der Waals surface area contributed by atoms with Crippen LogP contribution in [0.1, 0.15) is 21.5 Å². The zero-order valence-electron chi connectivity index (χ0n) is 15.1. The lowest BCUT2D eigenvalue weighted by atomic mass is 10.0. The first-order valence-electron chi connectivity index (χ1n) is 8.51. The Bertz CT molecular complexity index is 1330. The van der Waals surface area contributed by atoms with E-state index in [9.17, 15) is 14.4 Å². The first kappa shape index (κ1) is 17.9. The molecule has 0 spiro atoms. The number of aryl methyl sites for hydroxylation is 2. The van der Waals surface area contributed by atoms with Gasteiger partial charge in [-0.1, -0.05) is 17.7 Å². The predicted molar refractivity (Wildman–Crippen MR) is 110 cm³/mol. The van der Waals surface area contributed by atoms with Crippen molar-refractivity contribution in [1.82, 2.24) is 15.0 Å². The fourth-order valence-electron chi connectivity index (χ4n) is 2.89. The van der Waals surface area contributed by atoms with Crippen molar-refractivity contribution in [2.45, 2.75) is 13.8 Å². The number of aromatic nitrogens is 3. The summed E-state index contributed by atoms with van der Waals surface area (Å²) in [5.41, 5.74) is 3.78. The second-order valence-corrected chi connectivity index (χ2v) is 7.34. The maximum atomic E-state index is 12.6. The number of nitrogens with zero attached hydrogens (tertiary/aromatic N) is 1. The van der Waals surface area contributed by atoms with E-state index in [0.29, 0.717) is 21.7 Å². The van der Waals surface area contributed by atoms with E-state index in [2.05, 4.69) is 26.3 Å². The summed E-state index contributed by atoms with van der Waals surface area (Å²) in [6, 6.07) is 10.8. The lowest BCUT2D eigenvalue weighted by molar-refractivity contribution is 0.102. The van der Waals surface area contributed by atoms with Crippen LogP contribution in [0.2, 0.25) is 0 Å². The number of rotatable bonds is 3. The molecule has 0 saturated heterocycles. The van der Waals surface area contributed by atoms with Gasteiger partial charge in [0.15, 0.2) is 5.13 Å². The molecule has 0 fully saturated rings. The fourth-order valence-corrected chi connectivity index (χ4v) is 3.60. The van der Waals surface area contributed by atoms with Crippen molar-refractivity contribution in [2.75, 3.05) is 5.32 Å². The van der Waals surface area contributed by atoms with Crippen LogP contribution in [-0.2, 0) is 0 Å². The number of aromatic amines is 2. The number of anilines is 1. The van der Waals surface area contributed by atoms with E-state index in [1.807, 2.05) is 31.4 Å². The van der Waals surface area contributed by atoms with Crippen molar-refractivity contribution in [3.63, 3.8) is 0 Å². The zero-order chi connectivity index (χ0) is 19.8. The van der Waals surface area contributed by atoms with Gasteiger partial charge in [-0.05, 0) is 43.7 Å². The highest BCUT2D eigenvalue weighted by molar-refractivity contribution is 7.14. The monoisotopic (exact) mass is 392 g/mol. The molecule has 4 rings (SSSR count). The summed E-state index contributed by atoms with van der Waals surface area (Å²) in [4.78, 5) is 44.9. The largest absolute Gasteiger partial charge is 0.316 e. The molecule has 8 heteroatoms. The van der Waals surface area contributed by atoms with Crippen LogP contribution >= 0.6 is 11.3 Å². The molecule has 2 heterocycles. The number of fused-ring (bicyclic) bond motifs is 1. The summed E-state index contributed by atoms with van der Waals surface area (Å²) >= 11 is 1.34. The van der Waals surface area contributed by atoms with Crippen LogP contribution < -0.4 is 16.4 Å². The molecule has 4 aromatic rings. The minimum Gasteiger partial charge on any atom is -0.316 e. The standard InChI is InChI=1S/C20H16N4O3S/c1-10-3-4-11(2)13(7-10)16-9-28-20(23-16)24-17(25)12-5-6-14-15(8-12)22-19(27)18(26)21-14/h3-9H,1-2H3,(H,21,26)(H,22,27)(H,23,24,25). The van der Waals surface area contributed by atoms with Crippen molar-refractivity contribution < 1.29 is 4.79 Å². The molecule has 140 valence electrons. The van der Waals surface area contributed by atoms with E-state index in [4.69, 9.17) is 0 Å². The van der Waals surface area contributed by atoms with E-state index in [-0.39, 0.29) is 5.91 Å². The number of carbonyl (C=O) groups is 1. The summed E-state index contributed by atoms with van der Waals surface area (Å²) < 4.78 is 0. The SMILES string of the molecule is Cc1ccc(C)c(-c2csc(NC(=O)c3ccc4[nH]c(=O)c(=O)[nH]c4c3)n2)c1. The third-order valence-corrected chi connectivity index (χ3v) is 5.14. The smallest absolute Gasteiger partial charge is 0.314 e. The second kappa shape index (κ2) is 6.90. The van der Waals surface area contributed by atoms with Crippen LogP contribution in [0, 0.1) is 13.8 Å². The number of thiazole rings is 1. The minimum absolute atomic E-state index is 0.346. The van der Waals surface area contributed by atoms with Gasteiger partial charge in [-0.3, -0.25) is 19.7 Å². The van der Waals surface area contributed by atoms with Gasteiger partial charge < -0.3 is 9.97 Å². The maximum absolute atomic E-state index is 12.6. The lowest BCUT2D eigenvalue weighted by Crippen LogP contribution is -2.29. The van der Waals surface area contributed by atoms with Crippen molar-refractivity contribution in [3.05, 3.63) is 79.2 Å². The Morgan fingerprint density at radius 1 is 1.00 bits per heavy atom. The molecule has 0 aliphatic rings. The summed E-state index contributed by atoms with van der Waals surface area (Å²) in [6.07, 6.45) is 0. The Morgan fingerprint density at radius 2 is 1.75 bits per heavy atom. The van der Waals surface area contributed by atoms with E-state index in [0.717, 1.165) is 22.4 Å². The Kier molecular flexibility index (Phi) is 4.40. The van der Waals surface area contributed by atoms with Gasteiger partial charge in [-0.25, -0.2) is 4.98 Å². The highest BCUT2D eigenvalue weighted by Gasteiger charge is 2.12. The molecule has 0 aliphatic heterocycles. The Morgan fingerprint density at radius 3 is 2.54 bits per heavy atom. The molecule has 1 amide bonds. The third-order valence-electron chi connectivity index (χ3n) is 4.38. The van der Waals surface area contributed by atoms with Crippen molar-refractivity contribution in [3.8, 4) is 11.3 Å². The molecular formula is C20H16N4O3S. The van der Waals surface area contributed by atoms with Crippen LogP contribution in [0.5, 0.6) is 0 Å². The van der Waals surface area contributed by atoms with E-state index in [1.165, 1.54) is 17.4 Å². The number of carbonyl (C=O) groups excluding carboxylic acids is 1. The normalized spacial score (nSPS) is 10.9. The number of hydrogen-bond donors (Lipinski definition) is 3. The summed E-state index contributed by atoms with van der Waals surface area (Å²) in [7, 11) is 0. The van der Waals surface area contributed by atoms with Gasteiger partial charge in [-0.2, -0.15) is 0 Å². The molecule has 2 aromatic heterocycles. The van der Waals surface area contributed by atoms with Gasteiger partial charge >= 0.3 is 11.1 Å². The number of benzene rings is 2. The summed E-state index contributed by atoms with van der Waals surface area (Å²) in [5, 5.41) is 5.16. The summed E-state index contributed by atoms with van der Waals surface area (Å²) in [5.74, 6) is -0.351. The quantitative estimate of drug-likeness (QED) is 0.465. The summed E-state index contributed by atoms with van der Waals surface area (Å²) in [6.45, 7) is 4.04. The van der Waals surface area contributed by atoms with Gasteiger partial charge in [-0.15, -0.1) is 11.3 Å². The first-order valence-corrected chi connectivity index (χ1v) is 9.39. The van der Waals surface area contributed by atoms with E-state index in [1.54, 1.807) is 12.1 Å². The zero-order valence-corrected chi connectivity index (χ0v) is 15.9. The second-order valence-electron chi connectivity index (χ2n) is 6.48. The molecule has 0 aliphatic carbocycles. The lowest BCUT2D eigenvalue weighted by Gasteiger charge is -2.05. The number of amides is 1. The van der Waals surface area contributed by atoms with Gasteiger partial charge in [0.25, 0.3) is 5.91 Å². The van der Waals surface area contributed by atoms with Gasteiger partial charge in [0.1, 0.15) is 0 Å². The average molecular weight is 392 g/mol. The number of H-pyrrole nitrogens is 2. The molecule has 0 saturated carbocycles. The number of hydrogen-bond acceptors (Lipinski definition) is 5. The topological polar surface area (TPSA) is 108 Å². The highest BCUT2D eigenvalue weighted by Crippen LogP contribution is 2.28. The van der Waals surface area contributed by atoms with Gasteiger partial charge in [0.2, 0.25) is 0 Å². The van der Waals surface area contributed by atoms with Crippen LogP contribution in [0.15, 0.2) is 51.4 Å². The first-order chi connectivity index (χ1) is 13.4. The fraction of sp³-hybridized carbons (Fsp3) is 0.100. The highest BCUT2D eigenvalue weighted by atomic mass is 32.1. The Hall–Kier alpha value is -3.52. The molecule has 2 aromatic carbocycles. The van der Waals surface area contributed by atoms with Crippen molar-refractivity contribution >= 4 is 33.4 Å². The molecule has 0 unspecified atom stereocenters. The molecule has 28 heavy (non-hydrogen) atoms. The van der Waals surface area contributed by atoms with E-state index >= 15 is 0 Å². The van der Waals surface area contributed by atoms with Crippen LogP contribution in [-0.4, -0.2) is 20.9 Å². The Balaban J connectivity index is 1.60. The molecule has 0 bridgehead atoms. The van der Waals surface area contributed by atoms with Gasteiger partial charge in [0.05, 0.1) is 16.7 Å². The van der Waals surface area contributed by atoms with Crippen molar-refractivity contribution in [2.24, 2.45) is 0 Å². The van der Waals surface area contributed by atoms with Crippen LogP contribution in [0.3, 0.4) is 0 Å². The Labute approximate surface area is 163 Å². The molecule has 0 atom stereocenters. The van der Waals surface area contributed by atoms with E-state index < -0.39 is 11.1 Å². The predicted octanol–water partition coefficient (Wildman–Crippen LogP) is 3.21. The minimum atomic E-state index is -0.761. The van der Waals surface area contributed by atoms with Crippen LogP contribution in [0.4, 0.5) is 5.13 Å². The molecule has 0 radical (unpaired) electrons. The molecule has 7 nitrogen and oxygen atoms in total.